The van der Waals surface area contributed by atoms with Crippen LogP contribution >= 0.6 is 11.6 Å². The first-order valence-electron chi connectivity index (χ1n) is 8.04. The van der Waals surface area contributed by atoms with Crippen LogP contribution in [0.1, 0.15) is 11.4 Å². The van der Waals surface area contributed by atoms with Gasteiger partial charge in [-0.25, -0.2) is 4.98 Å². The number of nitrogens with zero attached hydrogens (tertiary/aromatic N) is 1. The molecule has 0 radical (unpaired) electrons. The van der Waals surface area contributed by atoms with E-state index < -0.39 is 0 Å². The predicted molar refractivity (Wildman–Crippen MR) is 103 cm³/mol. The second kappa shape index (κ2) is 8.36. The summed E-state index contributed by atoms with van der Waals surface area (Å²) < 4.78 is 5.15. The summed E-state index contributed by atoms with van der Waals surface area (Å²) in [6.45, 7) is 0.307. The number of rotatable bonds is 6. The molecule has 0 aliphatic rings. The minimum Gasteiger partial charge on any atom is -0.497 e. The number of amides is 1. The molecule has 2 N–H and O–H groups in total. The molecule has 0 unspecified atom stereocenters. The molecule has 0 atom stereocenters. The van der Waals surface area contributed by atoms with Crippen molar-refractivity contribution in [2.24, 2.45) is 0 Å². The first kappa shape index (κ1) is 17.8. The number of carbonyl (C=O) groups excluding carboxylic acids is 1. The van der Waals surface area contributed by atoms with Crippen LogP contribution in [0.25, 0.3) is 17.3 Å². The highest BCUT2D eigenvalue weighted by Gasteiger charge is 2.05. The average molecular weight is 368 g/mol. The Hall–Kier alpha value is -3.05. The van der Waals surface area contributed by atoms with Crippen LogP contribution in [0.2, 0.25) is 5.02 Å². The summed E-state index contributed by atoms with van der Waals surface area (Å²) >= 11 is 6.05. The summed E-state index contributed by atoms with van der Waals surface area (Å²) in [5.74, 6) is 1.26. The summed E-state index contributed by atoms with van der Waals surface area (Å²) in [5.41, 5.74) is 2.67. The molecule has 1 heterocycles. The number of hydrogen-bond acceptors (Lipinski definition) is 3. The van der Waals surface area contributed by atoms with Gasteiger partial charge >= 0.3 is 0 Å². The molecule has 0 aliphatic carbocycles. The van der Waals surface area contributed by atoms with Gasteiger partial charge in [0.05, 0.1) is 25.5 Å². The highest BCUT2D eigenvalue weighted by atomic mass is 35.5. The maximum absolute atomic E-state index is 12.0. The summed E-state index contributed by atoms with van der Waals surface area (Å²) in [5, 5.41) is 3.39. The van der Waals surface area contributed by atoms with Crippen LogP contribution in [0.4, 0.5) is 0 Å². The van der Waals surface area contributed by atoms with Crippen molar-refractivity contribution in [3.8, 4) is 17.0 Å². The number of ether oxygens (including phenoxy) is 1. The Morgan fingerprint density at radius 3 is 2.73 bits per heavy atom. The fraction of sp³-hybridized carbons (Fsp3) is 0.100. The Morgan fingerprint density at radius 2 is 2.00 bits per heavy atom. The molecule has 26 heavy (non-hydrogen) atoms. The maximum atomic E-state index is 12.0. The van der Waals surface area contributed by atoms with Gasteiger partial charge in [-0.2, -0.15) is 0 Å². The largest absolute Gasteiger partial charge is 0.497 e. The van der Waals surface area contributed by atoms with Gasteiger partial charge in [-0.15, -0.1) is 0 Å². The monoisotopic (exact) mass is 367 g/mol. The zero-order chi connectivity index (χ0) is 18.4. The van der Waals surface area contributed by atoms with E-state index in [1.165, 1.54) is 6.08 Å². The summed E-state index contributed by atoms with van der Waals surface area (Å²) in [6, 6.07) is 15.0. The molecule has 6 heteroatoms. The minimum absolute atomic E-state index is 0.215. The van der Waals surface area contributed by atoms with Gasteiger partial charge in [0.15, 0.2) is 0 Å². The van der Waals surface area contributed by atoms with Gasteiger partial charge in [-0.3, -0.25) is 4.79 Å². The van der Waals surface area contributed by atoms with Crippen LogP contribution in [-0.2, 0) is 11.3 Å². The number of halogens is 1. The third-order valence-electron chi connectivity index (χ3n) is 3.78. The van der Waals surface area contributed by atoms with Crippen molar-refractivity contribution in [3.63, 3.8) is 0 Å². The third-order valence-corrected chi connectivity index (χ3v) is 4.12. The lowest BCUT2D eigenvalue weighted by Gasteiger charge is -2.02. The summed E-state index contributed by atoms with van der Waals surface area (Å²) in [4.78, 5) is 19.4. The van der Waals surface area contributed by atoms with Crippen molar-refractivity contribution in [2.75, 3.05) is 7.11 Å². The van der Waals surface area contributed by atoms with Gasteiger partial charge in [-0.05, 0) is 47.5 Å². The zero-order valence-electron chi connectivity index (χ0n) is 14.2. The number of H-pyrrole nitrogens is 1. The van der Waals surface area contributed by atoms with Crippen molar-refractivity contribution < 1.29 is 9.53 Å². The predicted octanol–water partition coefficient (Wildman–Crippen LogP) is 4.07. The minimum atomic E-state index is -0.215. The molecule has 0 spiro atoms. The topological polar surface area (TPSA) is 67.0 Å². The molecule has 3 rings (SSSR count). The molecule has 0 saturated heterocycles. The molecule has 0 fully saturated rings. The molecule has 5 nitrogen and oxygen atoms in total. The molecular weight excluding hydrogens is 350 g/mol. The lowest BCUT2D eigenvalue weighted by atomic mass is 10.2. The Bertz CT molecular complexity index is 917. The number of imidazole rings is 1. The quantitative estimate of drug-likeness (QED) is 0.645. The van der Waals surface area contributed by atoms with Gasteiger partial charge in [-0.1, -0.05) is 29.8 Å². The van der Waals surface area contributed by atoms with Crippen LogP contribution in [-0.4, -0.2) is 23.0 Å². The SMILES string of the molecule is COc1ccc(-c2cnc(CNC(=O)/C=C/c3ccccc3Cl)[nH]2)cc1. The Morgan fingerprint density at radius 1 is 1.23 bits per heavy atom. The fourth-order valence-electron chi connectivity index (χ4n) is 2.38. The number of benzene rings is 2. The molecule has 2 aromatic carbocycles. The van der Waals surface area contributed by atoms with Crippen molar-refractivity contribution in [1.82, 2.24) is 15.3 Å². The Kier molecular flexibility index (Phi) is 5.71. The van der Waals surface area contributed by atoms with E-state index in [9.17, 15) is 4.79 Å². The second-order valence-electron chi connectivity index (χ2n) is 5.54. The summed E-state index contributed by atoms with van der Waals surface area (Å²) in [6.07, 6.45) is 4.88. The van der Waals surface area contributed by atoms with E-state index in [-0.39, 0.29) is 5.91 Å². The number of aromatic amines is 1. The molecule has 1 aromatic heterocycles. The smallest absolute Gasteiger partial charge is 0.244 e. The molecule has 0 bridgehead atoms. The van der Waals surface area contributed by atoms with Crippen molar-refractivity contribution in [1.29, 1.82) is 0 Å². The van der Waals surface area contributed by atoms with Crippen LogP contribution in [0, 0.1) is 0 Å². The van der Waals surface area contributed by atoms with E-state index in [4.69, 9.17) is 16.3 Å². The zero-order valence-corrected chi connectivity index (χ0v) is 15.0. The van der Waals surface area contributed by atoms with Crippen LogP contribution in [0.3, 0.4) is 0 Å². The fourth-order valence-corrected chi connectivity index (χ4v) is 2.57. The molecule has 132 valence electrons. The molecule has 0 saturated carbocycles. The standard InChI is InChI=1S/C20H18ClN3O2/c1-26-16-9-6-15(7-10-16)18-12-22-19(24-18)13-23-20(25)11-8-14-4-2-3-5-17(14)21/h2-12H,13H2,1H3,(H,22,24)(H,23,25)/b11-8+. The van der Waals surface area contributed by atoms with E-state index >= 15 is 0 Å². The first-order chi connectivity index (χ1) is 12.7. The van der Waals surface area contributed by atoms with Crippen LogP contribution in [0.5, 0.6) is 5.75 Å². The molecule has 0 aliphatic heterocycles. The highest BCUT2D eigenvalue weighted by Crippen LogP contribution is 2.20. The van der Waals surface area contributed by atoms with E-state index in [0.717, 1.165) is 22.6 Å². The molecule has 1 amide bonds. The van der Waals surface area contributed by atoms with E-state index in [1.54, 1.807) is 25.4 Å². The van der Waals surface area contributed by atoms with Gasteiger partial charge in [0.2, 0.25) is 5.91 Å². The van der Waals surface area contributed by atoms with Crippen molar-refractivity contribution in [3.05, 3.63) is 77.2 Å². The summed E-state index contributed by atoms with van der Waals surface area (Å²) in [7, 11) is 1.63. The van der Waals surface area contributed by atoms with E-state index in [1.807, 2.05) is 42.5 Å². The lowest BCUT2D eigenvalue weighted by molar-refractivity contribution is -0.116. The Labute approximate surface area is 156 Å². The number of nitrogens with one attached hydrogen (secondary N) is 2. The van der Waals surface area contributed by atoms with Crippen molar-refractivity contribution >= 4 is 23.6 Å². The normalized spacial score (nSPS) is 10.8. The van der Waals surface area contributed by atoms with Gasteiger partial charge < -0.3 is 15.0 Å². The van der Waals surface area contributed by atoms with E-state index in [2.05, 4.69) is 15.3 Å². The number of methoxy groups -OCH3 is 1. The molecule has 3 aromatic rings. The number of aromatic nitrogens is 2. The van der Waals surface area contributed by atoms with Gasteiger partial charge in [0, 0.05) is 11.1 Å². The van der Waals surface area contributed by atoms with E-state index in [0.29, 0.717) is 17.4 Å². The van der Waals surface area contributed by atoms with Crippen LogP contribution < -0.4 is 10.1 Å². The first-order valence-corrected chi connectivity index (χ1v) is 8.42. The lowest BCUT2D eigenvalue weighted by Crippen LogP contribution is -2.20. The second-order valence-corrected chi connectivity index (χ2v) is 5.95. The molecular formula is C20H18ClN3O2. The maximum Gasteiger partial charge on any atom is 0.244 e. The number of hydrogen-bond donors (Lipinski definition) is 2. The van der Waals surface area contributed by atoms with Crippen LogP contribution in [0.15, 0.2) is 60.8 Å². The van der Waals surface area contributed by atoms with Gasteiger partial charge in [0.25, 0.3) is 0 Å². The number of carbonyl (C=O) groups is 1. The van der Waals surface area contributed by atoms with Crippen molar-refractivity contribution in [2.45, 2.75) is 6.54 Å². The highest BCUT2D eigenvalue weighted by molar-refractivity contribution is 6.32. The average Bonchev–Trinajstić information content (AvgIpc) is 3.15. The van der Waals surface area contributed by atoms with Gasteiger partial charge in [0.1, 0.15) is 11.6 Å². The Balaban J connectivity index is 1.57. The third kappa shape index (κ3) is 4.52.